The van der Waals surface area contributed by atoms with Crippen molar-refractivity contribution in [1.82, 2.24) is 24.7 Å². The number of amides is 1. The van der Waals surface area contributed by atoms with Gasteiger partial charge in [-0.2, -0.15) is 10.2 Å². The van der Waals surface area contributed by atoms with Gasteiger partial charge in [0.1, 0.15) is 30.0 Å². The Labute approximate surface area is 185 Å². The summed E-state index contributed by atoms with van der Waals surface area (Å²) in [6, 6.07) is 18.5. The number of rotatable bonds is 5. The van der Waals surface area contributed by atoms with Crippen molar-refractivity contribution in [3.63, 3.8) is 0 Å². The van der Waals surface area contributed by atoms with Crippen LogP contribution in [-0.2, 0) is 17.9 Å². The summed E-state index contributed by atoms with van der Waals surface area (Å²) in [6.07, 6.45) is 1.36. The first-order valence-electron chi connectivity index (χ1n) is 10.1. The molecule has 0 unspecified atom stereocenters. The van der Waals surface area contributed by atoms with Crippen LogP contribution < -0.4 is 10.9 Å². The molecule has 1 N–H and O–H groups in total. The van der Waals surface area contributed by atoms with Crippen molar-refractivity contribution >= 4 is 22.2 Å². The minimum atomic E-state index is -0.757. The van der Waals surface area contributed by atoms with E-state index < -0.39 is 23.1 Å². The Hall–Kier alpha value is -4.40. The van der Waals surface area contributed by atoms with Crippen LogP contribution in [0, 0.1) is 11.6 Å². The van der Waals surface area contributed by atoms with E-state index in [9.17, 15) is 18.4 Å². The second-order valence-corrected chi connectivity index (χ2v) is 7.49. The fraction of sp³-hybridized carbons (Fsp3) is 0.0833. The van der Waals surface area contributed by atoms with Crippen molar-refractivity contribution < 1.29 is 13.6 Å². The topological polar surface area (TPSA) is 81.3 Å². The fourth-order valence-corrected chi connectivity index (χ4v) is 3.68. The van der Waals surface area contributed by atoms with E-state index in [-0.39, 0.29) is 24.2 Å². The van der Waals surface area contributed by atoms with Gasteiger partial charge in [0.2, 0.25) is 5.91 Å². The van der Waals surface area contributed by atoms with E-state index in [0.717, 1.165) is 33.2 Å². The molecular formula is C24H17F2N5O2. The van der Waals surface area contributed by atoms with Gasteiger partial charge in [-0.3, -0.25) is 9.59 Å². The number of benzene rings is 3. The maximum Gasteiger partial charge on any atom is 0.293 e. The highest BCUT2D eigenvalue weighted by molar-refractivity contribution is 5.96. The third-order valence-electron chi connectivity index (χ3n) is 5.34. The Morgan fingerprint density at radius 3 is 2.67 bits per heavy atom. The molecule has 9 heteroatoms. The average Bonchev–Trinajstić information content (AvgIpc) is 3.25. The molecule has 0 saturated heterocycles. The van der Waals surface area contributed by atoms with Crippen molar-refractivity contribution in [3.8, 4) is 11.3 Å². The summed E-state index contributed by atoms with van der Waals surface area (Å²) in [4.78, 5) is 25.2. The first-order valence-corrected chi connectivity index (χ1v) is 10.1. The van der Waals surface area contributed by atoms with E-state index in [4.69, 9.17) is 0 Å². The summed E-state index contributed by atoms with van der Waals surface area (Å²) < 4.78 is 29.1. The molecular weight excluding hydrogens is 428 g/mol. The number of aromatic nitrogens is 4. The highest BCUT2D eigenvalue weighted by Crippen LogP contribution is 2.27. The zero-order chi connectivity index (χ0) is 22.9. The van der Waals surface area contributed by atoms with Gasteiger partial charge in [0.15, 0.2) is 0 Å². The van der Waals surface area contributed by atoms with Crippen LogP contribution in [0.4, 0.5) is 8.78 Å². The number of carbonyl (C=O) groups is 1. The highest BCUT2D eigenvalue weighted by atomic mass is 19.1. The smallest absolute Gasteiger partial charge is 0.293 e. The molecule has 0 aliphatic rings. The zero-order valence-electron chi connectivity index (χ0n) is 17.2. The molecule has 0 fully saturated rings. The van der Waals surface area contributed by atoms with Crippen LogP contribution in [0.2, 0.25) is 0 Å². The number of hydrogen-bond acceptors (Lipinski definition) is 4. The summed E-state index contributed by atoms with van der Waals surface area (Å²) in [7, 11) is 0. The third-order valence-corrected chi connectivity index (χ3v) is 5.34. The first-order chi connectivity index (χ1) is 16.0. The van der Waals surface area contributed by atoms with E-state index in [1.807, 2.05) is 42.5 Å². The highest BCUT2D eigenvalue weighted by Gasteiger charge is 2.14. The van der Waals surface area contributed by atoms with E-state index in [0.29, 0.717) is 5.69 Å². The van der Waals surface area contributed by atoms with Gasteiger partial charge in [-0.1, -0.05) is 48.5 Å². The van der Waals surface area contributed by atoms with E-state index in [1.54, 1.807) is 6.07 Å². The van der Waals surface area contributed by atoms with Gasteiger partial charge in [-0.25, -0.2) is 18.0 Å². The minimum absolute atomic E-state index is 0.135. The van der Waals surface area contributed by atoms with Gasteiger partial charge in [0.25, 0.3) is 5.56 Å². The number of hydrogen-bond donors (Lipinski definition) is 1. The van der Waals surface area contributed by atoms with Crippen LogP contribution in [0.5, 0.6) is 0 Å². The molecule has 0 radical (unpaired) electrons. The van der Waals surface area contributed by atoms with Crippen LogP contribution in [0.3, 0.4) is 0 Å². The lowest BCUT2D eigenvalue weighted by atomic mass is 10.0. The normalized spacial score (nSPS) is 11.2. The molecule has 0 atom stereocenters. The van der Waals surface area contributed by atoms with E-state index >= 15 is 0 Å². The van der Waals surface area contributed by atoms with Gasteiger partial charge in [0, 0.05) is 23.7 Å². The van der Waals surface area contributed by atoms with Crippen LogP contribution in [0.15, 0.2) is 77.9 Å². The Kier molecular flexibility index (Phi) is 5.14. The summed E-state index contributed by atoms with van der Waals surface area (Å²) >= 11 is 0. The molecule has 0 bridgehead atoms. The lowest BCUT2D eigenvalue weighted by Crippen LogP contribution is -2.34. The predicted molar refractivity (Wildman–Crippen MR) is 118 cm³/mol. The number of nitrogens with zero attached hydrogens (tertiary/aromatic N) is 4. The molecule has 0 aliphatic heterocycles. The van der Waals surface area contributed by atoms with E-state index in [1.165, 1.54) is 16.9 Å². The molecule has 2 aromatic heterocycles. The van der Waals surface area contributed by atoms with Gasteiger partial charge >= 0.3 is 0 Å². The van der Waals surface area contributed by atoms with Crippen molar-refractivity contribution in [2.45, 2.75) is 13.1 Å². The summed E-state index contributed by atoms with van der Waals surface area (Å²) in [5.41, 5.74) is 1.41. The maximum atomic E-state index is 13.7. The van der Waals surface area contributed by atoms with Crippen molar-refractivity contribution in [3.05, 3.63) is 101 Å². The van der Waals surface area contributed by atoms with Gasteiger partial charge in [-0.05, 0) is 22.9 Å². The van der Waals surface area contributed by atoms with E-state index in [2.05, 4.69) is 15.5 Å². The summed E-state index contributed by atoms with van der Waals surface area (Å²) in [5.74, 6) is -1.99. The Bertz CT molecular complexity index is 1570. The zero-order valence-corrected chi connectivity index (χ0v) is 17.2. The largest absolute Gasteiger partial charge is 0.350 e. The number of nitrogens with one attached hydrogen (secondary N) is 1. The number of carbonyl (C=O) groups excluding carboxylic acids is 1. The molecule has 1 amide bonds. The molecule has 0 spiro atoms. The molecule has 7 nitrogen and oxygen atoms in total. The molecule has 3 aromatic carbocycles. The third kappa shape index (κ3) is 3.96. The number of halogens is 2. The lowest BCUT2D eigenvalue weighted by molar-refractivity contribution is -0.122. The van der Waals surface area contributed by atoms with Crippen LogP contribution in [0.25, 0.3) is 27.5 Å². The fourth-order valence-electron chi connectivity index (χ4n) is 3.68. The first kappa shape index (κ1) is 20.5. The molecule has 2 heterocycles. The van der Waals surface area contributed by atoms with Gasteiger partial charge < -0.3 is 5.32 Å². The van der Waals surface area contributed by atoms with Crippen LogP contribution in [0.1, 0.15) is 5.56 Å². The lowest BCUT2D eigenvalue weighted by Gasteiger charge is -2.07. The Morgan fingerprint density at radius 2 is 1.82 bits per heavy atom. The Morgan fingerprint density at radius 1 is 1.00 bits per heavy atom. The average molecular weight is 445 g/mol. The SMILES string of the molecule is O=C(Cn1ncn2nc(-c3cccc4ccccc34)cc2c1=O)NCc1ccc(F)cc1F. The standard InChI is InChI=1S/C24H17F2N5O2/c25-17-9-8-16(20(26)10-17)12-27-23(32)13-30-24(33)22-11-21(29-31(22)14-28-30)19-7-3-5-15-4-1-2-6-18(15)19/h1-11,14H,12-13H2,(H,27,32). The van der Waals surface area contributed by atoms with Crippen LogP contribution >= 0.6 is 0 Å². The summed E-state index contributed by atoms with van der Waals surface area (Å²) in [6.45, 7) is -0.493. The molecule has 5 aromatic rings. The molecule has 33 heavy (non-hydrogen) atoms. The second-order valence-electron chi connectivity index (χ2n) is 7.49. The molecule has 164 valence electrons. The monoisotopic (exact) mass is 445 g/mol. The second kappa shape index (κ2) is 8.27. The van der Waals surface area contributed by atoms with Crippen molar-refractivity contribution in [2.24, 2.45) is 0 Å². The maximum absolute atomic E-state index is 13.7. The van der Waals surface area contributed by atoms with Crippen molar-refractivity contribution in [1.29, 1.82) is 0 Å². The molecule has 5 rings (SSSR count). The Balaban J connectivity index is 1.39. The summed E-state index contributed by atoms with van der Waals surface area (Å²) in [5, 5.41) is 13.1. The van der Waals surface area contributed by atoms with Gasteiger partial charge in [0.05, 0.1) is 5.69 Å². The number of fused-ring (bicyclic) bond motifs is 2. The predicted octanol–water partition coefficient (Wildman–Crippen LogP) is 3.31. The van der Waals surface area contributed by atoms with Crippen molar-refractivity contribution in [2.75, 3.05) is 0 Å². The van der Waals surface area contributed by atoms with Gasteiger partial charge in [-0.15, -0.1) is 0 Å². The van der Waals surface area contributed by atoms with Crippen LogP contribution in [-0.4, -0.2) is 25.3 Å². The molecule has 0 aliphatic carbocycles. The quantitative estimate of drug-likeness (QED) is 0.450. The molecule has 0 saturated carbocycles. The minimum Gasteiger partial charge on any atom is -0.350 e.